The van der Waals surface area contributed by atoms with Gasteiger partial charge in [-0.05, 0) is 30.9 Å². The highest BCUT2D eigenvalue weighted by Crippen LogP contribution is 2.26. The molecule has 0 aromatic heterocycles. The van der Waals surface area contributed by atoms with Gasteiger partial charge in [-0.25, -0.2) is 0 Å². The van der Waals surface area contributed by atoms with Crippen molar-refractivity contribution in [1.82, 2.24) is 0 Å². The lowest BCUT2D eigenvalue weighted by Crippen LogP contribution is -2.36. The van der Waals surface area contributed by atoms with Gasteiger partial charge >= 0.3 is 0 Å². The van der Waals surface area contributed by atoms with Gasteiger partial charge in [0.05, 0.1) is 16.8 Å². The Labute approximate surface area is 108 Å². The summed E-state index contributed by atoms with van der Waals surface area (Å²) in [6.45, 7) is 5.26. The first-order valence-electron chi connectivity index (χ1n) is 6.29. The van der Waals surface area contributed by atoms with Gasteiger partial charge in [0.15, 0.2) is 0 Å². The first-order chi connectivity index (χ1) is 8.16. The van der Waals surface area contributed by atoms with Crippen molar-refractivity contribution >= 4 is 17.3 Å². The quantitative estimate of drug-likeness (QED) is 0.881. The van der Waals surface area contributed by atoms with E-state index in [1.807, 2.05) is 24.3 Å². The summed E-state index contributed by atoms with van der Waals surface area (Å²) in [7, 11) is 0. The van der Waals surface area contributed by atoms with Crippen LogP contribution in [-0.4, -0.2) is 18.8 Å². The summed E-state index contributed by atoms with van der Waals surface area (Å²) in [5.74, 6) is 0.575. The zero-order chi connectivity index (χ0) is 12.3. The third-order valence-electron chi connectivity index (χ3n) is 3.29. The van der Waals surface area contributed by atoms with E-state index in [9.17, 15) is 0 Å². The van der Waals surface area contributed by atoms with Gasteiger partial charge in [-0.1, -0.05) is 37.6 Å². The predicted octanol–water partition coefficient (Wildman–Crippen LogP) is 3.96. The van der Waals surface area contributed by atoms with Crippen LogP contribution in [-0.2, 0) is 4.74 Å². The van der Waals surface area contributed by atoms with E-state index in [2.05, 4.69) is 19.2 Å². The van der Waals surface area contributed by atoms with Crippen molar-refractivity contribution in [1.29, 1.82) is 0 Å². The van der Waals surface area contributed by atoms with Crippen LogP contribution in [0.15, 0.2) is 24.3 Å². The van der Waals surface area contributed by atoms with Gasteiger partial charge in [-0.2, -0.15) is 0 Å². The van der Waals surface area contributed by atoms with Gasteiger partial charge in [0.1, 0.15) is 0 Å². The predicted molar refractivity (Wildman–Crippen MR) is 72.7 cm³/mol. The number of rotatable bonds is 3. The maximum absolute atomic E-state index is 6.15. The largest absolute Gasteiger partial charge is 0.381 e. The molecular formula is C14H20ClNO. The molecule has 3 heteroatoms. The lowest BCUT2D eigenvalue weighted by Gasteiger charge is -2.33. The van der Waals surface area contributed by atoms with Crippen LogP contribution in [0.1, 0.15) is 26.7 Å². The van der Waals surface area contributed by atoms with E-state index in [4.69, 9.17) is 16.3 Å². The maximum atomic E-state index is 6.15. The topological polar surface area (TPSA) is 21.3 Å². The zero-order valence-corrected chi connectivity index (χ0v) is 11.2. The van der Waals surface area contributed by atoms with E-state index in [0.717, 1.165) is 30.2 Å². The van der Waals surface area contributed by atoms with Crippen LogP contribution >= 0.6 is 11.6 Å². The second kappa shape index (κ2) is 5.74. The summed E-state index contributed by atoms with van der Waals surface area (Å²) in [6.07, 6.45) is 2.47. The Morgan fingerprint density at radius 2 is 2.12 bits per heavy atom. The van der Waals surface area contributed by atoms with Gasteiger partial charge in [0.2, 0.25) is 0 Å². The standard InChI is InChI=1S/C14H20ClNO/c1-10(2)14-9-11(7-8-17-14)16-13-6-4-3-5-12(13)15/h3-6,10-11,14,16H,7-9H2,1-2H3. The molecular weight excluding hydrogens is 234 g/mol. The second-order valence-corrected chi connectivity index (χ2v) is 5.41. The van der Waals surface area contributed by atoms with Gasteiger partial charge in [-0.3, -0.25) is 0 Å². The average molecular weight is 254 g/mol. The maximum Gasteiger partial charge on any atom is 0.0637 e. The average Bonchev–Trinajstić information content (AvgIpc) is 2.32. The summed E-state index contributed by atoms with van der Waals surface area (Å²) in [4.78, 5) is 0. The molecule has 1 N–H and O–H groups in total. The van der Waals surface area contributed by atoms with Crippen LogP contribution in [0.5, 0.6) is 0 Å². The number of ether oxygens (including phenoxy) is 1. The van der Waals surface area contributed by atoms with Crippen molar-refractivity contribution in [2.45, 2.75) is 38.8 Å². The van der Waals surface area contributed by atoms with E-state index in [-0.39, 0.29) is 0 Å². The molecule has 1 saturated heterocycles. The van der Waals surface area contributed by atoms with Crippen LogP contribution in [0.2, 0.25) is 5.02 Å². The minimum absolute atomic E-state index is 0.365. The fourth-order valence-corrected chi connectivity index (χ4v) is 2.41. The number of halogens is 1. The zero-order valence-electron chi connectivity index (χ0n) is 10.4. The summed E-state index contributed by atoms with van der Waals surface area (Å²) >= 11 is 6.15. The van der Waals surface area contributed by atoms with Crippen molar-refractivity contribution in [2.75, 3.05) is 11.9 Å². The number of anilines is 1. The molecule has 1 heterocycles. The van der Waals surface area contributed by atoms with Crippen LogP contribution < -0.4 is 5.32 Å². The molecule has 2 nitrogen and oxygen atoms in total. The third-order valence-corrected chi connectivity index (χ3v) is 3.62. The van der Waals surface area contributed by atoms with E-state index >= 15 is 0 Å². The molecule has 1 fully saturated rings. The summed E-state index contributed by atoms with van der Waals surface area (Å²) in [5, 5.41) is 4.31. The molecule has 17 heavy (non-hydrogen) atoms. The normalized spacial score (nSPS) is 24.9. The molecule has 0 spiro atoms. The highest BCUT2D eigenvalue weighted by molar-refractivity contribution is 6.33. The minimum Gasteiger partial charge on any atom is -0.381 e. The second-order valence-electron chi connectivity index (χ2n) is 5.00. The number of benzene rings is 1. The van der Waals surface area contributed by atoms with Crippen LogP contribution in [0.25, 0.3) is 0 Å². The lowest BCUT2D eigenvalue weighted by molar-refractivity contribution is -0.0160. The number of hydrogen-bond donors (Lipinski definition) is 1. The molecule has 0 aliphatic carbocycles. The number of nitrogens with one attached hydrogen (secondary N) is 1. The fourth-order valence-electron chi connectivity index (χ4n) is 2.22. The molecule has 0 radical (unpaired) electrons. The van der Waals surface area contributed by atoms with Crippen molar-refractivity contribution in [3.63, 3.8) is 0 Å². The van der Waals surface area contributed by atoms with Crippen LogP contribution in [0, 0.1) is 5.92 Å². The molecule has 2 atom stereocenters. The van der Waals surface area contributed by atoms with Crippen molar-refractivity contribution in [3.05, 3.63) is 29.3 Å². The molecule has 0 bridgehead atoms. The molecule has 1 aromatic carbocycles. The summed E-state index contributed by atoms with van der Waals surface area (Å²) < 4.78 is 5.76. The Kier molecular flexibility index (Phi) is 4.30. The third kappa shape index (κ3) is 3.36. The smallest absolute Gasteiger partial charge is 0.0637 e. The number of para-hydroxylation sites is 1. The highest BCUT2D eigenvalue weighted by atomic mass is 35.5. The van der Waals surface area contributed by atoms with E-state index in [1.54, 1.807) is 0 Å². The van der Waals surface area contributed by atoms with E-state index < -0.39 is 0 Å². The van der Waals surface area contributed by atoms with Gasteiger partial charge in [-0.15, -0.1) is 0 Å². The van der Waals surface area contributed by atoms with Crippen molar-refractivity contribution < 1.29 is 4.74 Å². The Balaban J connectivity index is 1.97. The van der Waals surface area contributed by atoms with Crippen molar-refractivity contribution in [3.8, 4) is 0 Å². The monoisotopic (exact) mass is 253 g/mol. The highest BCUT2D eigenvalue weighted by Gasteiger charge is 2.24. The molecule has 94 valence electrons. The summed E-state index contributed by atoms with van der Waals surface area (Å²) in [6, 6.07) is 8.38. The molecule has 1 aliphatic rings. The summed E-state index contributed by atoms with van der Waals surface area (Å²) in [5.41, 5.74) is 1.03. The fraction of sp³-hybridized carbons (Fsp3) is 0.571. The Morgan fingerprint density at radius 1 is 1.35 bits per heavy atom. The Hall–Kier alpha value is -0.730. The Morgan fingerprint density at radius 3 is 2.82 bits per heavy atom. The first-order valence-corrected chi connectivity index (χ1v) is 6.67. The molecule has 0 saturated carbocycles. The SMILES string of the molecule is CC(C)C1CC(Nc2ccccc2Cl)CCO1. The van der Waals surface area contributed by atoms with E-state index in [0.29, 0.717) is 18.1 Å². The van der Waals surface area contributed by atoms with Crippen molar-refractivity contribution in [2.24, 2.45) is 5.92 Å². The van der Waals surface area contributed by atoms with Crippen LogP contribution in [0.3, 0.4) is 0 Å². The molecule has 2 rings (SSSR count). The van der Waals surface area contributed by atoms with Crippen LogP contribution in [0.4, 0.5) is 5.69 Å². The molecule has 1 aromatic rings. The van der Waals surface area contributed by atoms with Gasteiger partial charge in [0, 0.05) is 12.6 Å². The lowest BCUT2D eigenvalue weighted by atomic mass is 9.95. The first kappa shape index (κ1) is 12.7. The molecule has 2 unspecified atom stereocenters. The minimum atomic E-state index is 0.365. The molecule has 0 amide bonds. The van der Waals surface area contributed by atoms with Gasteiger partial charge < -0.3 is 10.1 Å². The van der Waals surface area contributed by atoms with Gasteiger partial charge in [0.25, 0.3) is 0 Å². The molecule has 1 aliphatic heterocycles. The van der Waals surface area contributed by atoms with E-state index in [1.165, 1.54) is 0 Å². The Bertz CT molecular complexity index is 367. The number of hydrogen-bond acceptors (Lipinski definition) is 2.